The van der Waals surface area contributed by atoms with E-state index in [9.17, 15) is 5.11 Å². The second-order valence-electron chi connectivity index (χ2n) is 4.45. The van der Waals surface area contributed by atoms with E-state index in [1.165, 1.54) is 0 Å². The number of aromatic nitrogens is 2. The van der Waals surface area contributed by atoms with Gasteiger partial charge in [-0.3, -0.25) is 4.68 Å². The van der Waals surface area contributed by atoms with Gasteiger partial charge in [-0.2, -0.15) is 5.10 Å². The number of hydrogen-bond donors (Lipinski definition) is 1. The maximum absolute atomic E-state index is 10.4. The lowest BCUT2D eigenvalue weighted by molar-refractivity contribution is 0.0903. The lowest BCUT2D eigenvalue weighted by Gasteiger charge is -2.22. The molecule has 17 heavy (non-hydrogen) atoms. The van der Waals surface area contributed by atoms with Crippen molar-refractivity contribution >= 4 is 11.6 Å². The van der Waals surface area contributed by atoms with Gasteiger partial charge in [0.1, 0.15) is 0 Å². The number of aryl methyl sites for hydroxylation is 1. The van der Waals surface area contributed by atoms with E-state index in [1.54, 1.807) is 10.9 Å². The highest BCUT2D eigenvalue weighted by molar-refractivity contribution is 6.31. The van der Waals surface area contributed by atoms with Crippen LogP contribution in [0.2, 0.25) is 5.02 Å². The number of rotatable bonds is 7. The van der Waals surface area contributed by atoms with Gasteiger partial charge in [0.2, 0.25) is 0 Å². The highest BCUT2D eigenvalue weighted by atomic mass is 35.5. The molecule has 0 amide bonds. The topological polar surface area (TPSA) is 38.1 Å². The van der Waals surface area contributed by atoms with Crippen LogP contribution in [0.1, 0.15) is 58.3 Å². The van der Waals surface area contributed by atoms with Crippen molar-refractivity contribution in [1.29, 1.82) is 0 Å². The second-order valence-corrected chi connectivity index (χ2v) is 4.86. The summed E-state index contributed by atoms with van der Waals surface area (Å²) in [5.74, 6) is 0.273. The minimum Gasteiger partial charge on any atom is -0.386 e. The maximum atomic E-state index is 10.4. The van der Waals surface area contributed by atoms with Gasteiger partial charge >= 0.3 is 0 Å². The van der Waals surface area contributed by atoms with Gasteiger partial charge in [0, 0.05) is 6.54 Å². The number of nitrogens with zero attached hydrogens (tertiary/aromatic N) is 2. The van der Waals surface area contributed by atoms with E-state index in [1.807, 2.05) is 6.92 Å². The van der Waals surface area contributed by atoms with E-state index in [-0.39, 0.29) is 5.92 Å². The summed E-state index contributed by atoms with van der Waals surface area (Å²) in [4.78, 5) is 0. The monoisotopic (exact) mass is 258 g/mol. The van der Waals surface area contributed by atoms with Crippen molar-refractivity contribution in [3.63, 3.8) is 0 Å². The van der Waals surface area contributed by atoms with Crippen molar-refractivity contribution < 1.29 is 5.11 Å². The zero-order chi connectivity index (χ0) is 12.8. The molecule has 3 nitrogen and oxygen atoms in total. The van der Waals surface area contributed by atoms with Gasteiger partial charge in [0.25, 0.3) is 0 Å². The molecule has 2 unspecified atom stereocenters. The minimum atomic E-state index is -0.499. The molecule has 1 aromatic heterocycles. The average molecular weight is 259 g/mol. The molecule has 4 heteroatoms. The molecular formula is C13H23ClN2O. The van der Waals surface area contributed by atoms with Crippen LogP contribution in [-0.2, 0) is 6.54 Å². The van der Waals surface area contributed by atoms with Gasteiger partial charge in [-0.05, 0) is 19.3 Å². The van der Waals surface area contributed by atoms with Crippen molar-refractivity contribution in [3.8, 4) is 0 Å². The van der Waals surface area contributed by atoms with Crippen LogP contribution in [-0.4, -0.2) is 14.9 Å². The summed E-state index contributed by atoms with van der Waals surface area (Å²) < 4.78 is 1.79. The molecule has 0 bridgehead atoms. The van der Waals surface area contributed by atoms with E-state index in [0.29, 0.717) is 5.02 Å². The molecule has 1 heterocycles. The molecule has 0 aliphatic heterocycles. The molecular weight excluding hydrogens is 236 g/mol. The zero-order valence-corrected chi connectivity index (χ0v) is 11.7. The first-order valence-electron chi connectivity index (χ1n) is 6.54. The fourth-order valence-electron chi connectivity index (χ4n) is 2.19. The highest BCUT2D eigenvalue weighted by Crippen LogP contribution is 2.32. The molecule has 2 atom stereocenters. The number of unbranched alkanes of at least 4 members (excludes halogenated alkanes) is 1. The molecule has 1 aromatic rings. The van der Waals surface area contributed by atoms with Crippen LogP contribution < -0.4 is 0 Å². The standard InChI is InChI=1S/C13H23ClN2O/c1-4-7-8-10(5-2)13(17)12-11(14)9-15-16(12)6-3/h9-10,13,17H,4-8H2,1-3H3. The molecule has 98 valence electrons. The highest BCUT2D eigenvalue weighted by Gasteiger charge is 2.24. The Labute approximate surface area is 109 Å². The predicted octanol–water partition coefficient (Wildman–Crippen LogP) is 3.81. The van der Waals surface area contributed by atoms with Crippen LogP contribution in [0.15, 0.2) is 6.20 Å². The Bertz CT molecular complexity index is 338. The van der Waals surface area contributed by atoms with Crippen LogP contribution >= 0.6 is 11.6 Å². The van der Waals surface area contributed by atoms with Crippen molar-refractivity contribution in [2.75, 3.05) is 0 Å². The van der Waals surface area contributed by atoms with Gasteiger partial charge in [0.15, 0.2) is 0 Å². The summed E-state index contributed by atoms with van der Waals surface area (Å²) >= 11 is 6.11. The summed E-state index contributed by atoms with van der Waals surface area (Å²) in [6.45, 7) is 7.03. The van der Waals surface area contributed by atoms with Gasteiger partial charge in [-0.1, -0.05) is 44.7 Å². The quantitative estimate of drug-likeness (QED) is 0.808. The Hall–Kier alpha value is -0.540. The summed E-state index contributed by atoms with van der Waals surface area (Å²) in [5.41, 5.74) is 0.775. The molecule has 0 radical (unpaired) electrons. The van der Waals surface area contributed by atoms with E-state index < -0.39 is 6.10 Å². The molecule has 0 fully saturated rings. The first-order valence-corrected chi connectivity index (χ1v) is 6.92. The third-order valence-electron chi connectivity index (χ3n) is 3.31. The van der Waals surface area contributed by atoms with Gasteiger partial charge in [0.05, 0.1) is 23.0 Å². The van der Waals surface area contributed by atoms with Gasteiger partial charge in [-0.15, -0.1) is 0 Å². The van der Waals surface area contributed by atoms with Crippen LogP contribution in [0.3, 0.4) is 0 Å². The summed E-state index contributed by atoms with van der Waals surface area (Å²) in [7, 11) is 0. The first kappa shape index (κ1) is 14.5. The molecule has 1 rings (SSSR count). The zero-order valence-electron chi connectivity index (χ0n) is 11.0. The summed E-state index contributed by atoms with van der Waals surface area (Å²) in [6, 6.07) is 0. The summed E-state index contributed by atoms with van der Waals surface area (Å²) in [6.07, 6.45) is 5.43. The van der Waals surface area contributed by atoms with Crippen molar-refractivity contribution in [3.05, 3.63) is 16.9 Å². The SMILES string of the molecule is CCCCC(CC)C(O)c1c(Cl)cnn1CC. The van der Waals surface area contributed by atoms with E-state index in [2.05, 4.69) is 18.9 Å². The average Bonchev–Trinajstić information content (AvgIpc) is 2.71. The first-order chi connectivity index (χ1) is 8.15. The Kier molecular flexibility index (Phi) is 6.00. The molecule has 0 aliphatic rings. The van der Waals surface area contributed by atoms with Crippen molar-refractivity contribution in [2.45, 2.75) is 59.1 Å². The fraction of sp³-hybridized carbons (Fsp3) is 0.769. The Morgan fingerprint density at radius 2 is 2.12 bits per heavy atom. The molecule has 1 N–H and O–H groups in total. The van der Waals surface area contributed by atoms with E-state index in [0.717, 1.165) is 37.9 Å². The van der Waals surface area contributed by atoms with Crippen LogP contribution in [0.4, 0.5) is 0 Å². The number of aliphatic hydroxyl groups is 1. The largest absolute Gasteiger partial charge is 0.386 e. The molecule has 0 aromatic carbocycles. The normalized spacial score (nSPS) is 14.9. The minimum absolute atomic E-state index is 0.273. The Morgan fingerprint density at radius 1 is 1.41 bits per heavy atom. The molecule has 0 spiro atoms. The maximum Gasteiger partial charge on any atom is 0.0999 e. The molecule has 0 aliphatic carbocycles. The third kappa shape index (κ3) is 3.46. The molecule has 0 saturated carbocycles. The van der Waals surface area contributed by atoms with E-state index in [4.69, 9.17) is 11.6 Å². The summed E-state index contributed by atoms with van der Waals surface area (Å²) in [5, 5.41) is 15.2. The number of hydrogen-bond acceptors (Lipinski definition) is 2. The number of aliphatic hydroxyl groups excluding tert-OH is 1. The smallest absolute Gasteiger partial charge is 0.0999 e. The van der Waals surface area contributed by atoms with Gasteiger partial charge < -0.3 is 5.11 Å². The van der Waals surface area contributed by atoms with Crippen LogP contribution in [0.25, 0.3) is 0 Å². The molecule has 0 saturated heterocycles. The lowest BCUT2D eigenvalue weighted by atomic mass is 9.91. The Morgan fingerprint density at radius 3 is 2.65 bits per heavy atom. The Balaban J connectivity index is 2.84. The van der Waals surface area contributed by atoms with Crippen LogP contribution in [0, 0.1) is 5.92 Å². The van der Waals surface area contributed by atoms with Crippen LogP contribution in [0.5, 0.6) is 0 Å². The third-order valence-corrected chi connectivity index (χ3v) is 3.60. The van der Waals surface area contributed by atoms with Crippen molar-refractivity contribution in [2.24, 2.45) is 5.92 Å². The second kappa shape index (κ2) is 7.02. The number of halogens is 1. The van der Waals surface area contributed by atoms with Gasteiger partial charge in [-0.25, -0.2) is 0 Å². The fourth-order valence-corrected chi connectivity index (χ4v) is 2.45. The predicted molar refractivity (Wildman–Crippen MR) is 71.2 cm³/mol. The van der Waals surface area contributed by atoms with E-state index >= 15 is 0 Å². The van der Waals surface area contributed by atoms with Crippen molar-refractivity contribution in [1.82, 2.24) is 9.78 Å². The lowest BCUT2D eigenvalue weighted by Crippen LogP contribution is -2.17.